The molecular formula is C23H22BrFN4O4. The standard InChI is InChI=1S/C23H22BrFN4O4/c24-21-10-17(33-29-21)12-27-22(30)20(28-23(31)32-13-14-4-2-1-3-5-14)8-15-11-26-19-9-16(25)6-7-18(15)19/h1-7,9-11,17,20,26,29H,8,12-13H2,(H,27,30)(H,28,31). The lowest BCUT2D eigenvalue weighted by Gasteiger charge is -2.19. The molecular weight excluding hydrogens is 495 g/mol. The van der Waals surface area contributed by atoms with E-state index < -0.39 is 18.0 Å². The number of H-pyrrole nitrogens is 1. The largest absolute Gasteiger partial charge is 0.445 e. The molecule has 0 bridgehead atoms. The molecule has 0 saturated heterocycles. The average molecular weight is 517 g/mol. The van der Waals surface area contributed by atoms with Crippen molar-refractivity contribution in [3.05, 3.63) is 82.4 Å². The van der Waals surface area contributed by atoms with Crippen LogP contribution in [-0.4, -0.2) is 35.7 Å². The van der Waals surface area contributed by atoms with Crippen molar-refractivity contribution >= 4 is 38.8 Å². The van der Waals surface area contributed by atoms with Crippen LogP contribution in [0.2, 0.25) is 0 Å². The molecule has 0 aliphatic carbocycles. The number of hydrogen-bond acceptors (Lipinski definition) is 5. The molecule has 10 heteroatoms. The minimum absolute atomic E-state index is 0.0772. The summed E-state index contributed by atoms with van der Waals surface area (Å²) in [5.41, 5.74) is 4.85. The van der Waals surface area contributed by atoms with Gasteiger partial charge >= 0.3 is 6.09 Å². The highest BCUT2D eigenvalue weighted by Crippen LogP contribution is 2.21. The number of rotatable bonds is 8. The van der Waals surface area contributed by atoms with E-state index in [9.17, 15) is 14.0 Å². The summed E-state index contributed by atoms with van der Waals surface area (Å²) in [4.78, 5) is 33.7. The fourth-order valence-electron chi connectivity index (χ4n) is 3.45. The molecule has 2 aromatic carbocycles. The van der Waals surface area contributed by atoms with Gasteiger partial charge in [-0.15, -0.1) is 0 Å². The third-order valence-corrected chi connectivity index (χ3v) is 5.52. The van der Waals surface area contributed by atoms with Gasteiger partial charge in [0.25, 0.3) is 0 Å². The summed E-state index contributed by atoms with van der Waals surface area (Å²) in [6.07, 6.45) is 2.58. The van der Waals surface area contributed by atoms with Gasteiger partial charge in [0.15, 0.2) is 0 Å². The van der Waals surface area contributed by atoms with E-state index >= 15 is 0 Å². The van der Waals surface area contributed by atoms with Crippen LogP contribution in [0.3, 0.4) is 0 Å². The Morgan fingerprint density at radius 1 is 1.21 bits per heavy atom. The Kier molecular flexibility index (Phi) is 7.26. The minimum atomic E-state index is -0.917. The van der Waals surface area contributed by atoms with Crippen molar-refractivity contribution < 1.29 is 23.6 Å². The van der Waals surface area contributed by atoms with Gasteiger partial charge in [0.2, 0.25) is 5.91 Å². The Bertz CT molecular complexity index is 1170. The Balaban J connectivity index is 1.44. The summed E-state index contributed by atoms with van der Waals surface area (Å²) in [5.74, 6) is -0.764. The smallest absolute Gasteiger partial charge is 0.408 e. The lowest BCUT2D eigenvalue weighted by Crippen LogP contribution is -2.49. The van der Waals surface area contributed by atoms with Crippen molar-refractivity contribution in [3.63, 3.8) is 0 Å². The number of halogens is 2. The molecule has 0 fully saturated rings. The highest BCUT2D eigenvalue weighted by atomic mass is 79.9. The van der Waals surface area contributed by atoms with E-state index in [0.29, 0.717) is 10.1 Å². The molecule has 4 N–H and O–H groups in total. The first kappa shape index (κ1) is 22.8. The molecule has 2 amide bonds. The van der Waals surface area contributed by atoms with Crippen molar-refractivity contribution in [2.45, 2.75) is 25.2 Å². The summed E-state index contributed by atoms with van der Waals surface area (Å²) >= 11 is 3.26. The fraction of sp³-hybridized carbons (Fsp3) is 0.217. The predicted molar refractivity (Wildman–Crippen MR) is 124 cm³/mol. The van der Waals surface area contributed by atoms with Gasteiger partial charge in [0.05, 0.1) is 6.54 Å². The molecule has 8 nitrogen and oxygen atoms in total. The molecule has 4 rings (SSSR count). The Hall–Kier alpha value is -3.37. The van der Waals surface area contributed by atoms with Crippen molar-refractivity contribution in [2.24, 2.45) is 0 Å². The van der Waals surface area contributed by atoms with Crippen molar-refractivity contribution in [1.82, 2.24) is 21.1 Å². The second kappa shape index (κ2) is 10.5. The molecule has 172 valence electrons. The van der Waals surface area contributed by atoms with Crippen molar-refractivity contribution in [2.75, 3.05) is 6.54 Å². The van der Waals surface area contributed by atoms with Gasteiger partial charge in [-0.1, -0.05) is 30.3 Å². The fourth-order valence-corrected chi connectivity index (χ4v) is 3.84. The SMILES string of the molecule is O=C(NC(Cc1c[nH]c2cc(F)ccc12)C(=O)NCC1C=C(Br)NO1)OCc1ccccc1. The van der Waals surface area contributed by atoms with Crippen LogP contribution in [0.1, 0.15) is 11.1 Å². The number of amides is 2. The van der Waals surface area contributed by atoms with Crippen molar-refractivity contribution in [3.8, 4) is 0 Å². The second-order valence-electron chi connectivity index (χ2n) is 7.48. The van der Waals surface area contributed by atoms with Crippen LogP contribution < -0.4 is 16.1 Å². The lowest BCUT2D eigenvalue weighted by molar-refractivity contribution is -0.123. The van der Waals surface area contributed by atoms with Crippen LogP contribution in [0.4, 0.5) is 9.18 Å². The summed E-state index contributed by atoms with van der Waals surface area (Å²) in [6, 6.07) is 12.7. The van der Waals surface area contributed by atoms with Gasteiger partial charge in [0.1, 0.15) is 29.2 Å². The molecule has 1 aliphatic rings. The molecule has 2 unspecified atom stereocenters. The number of aromatic nitrogens is 1. The highest BCUT2D eigenvalue weighted by molar-refractivity contribution is 9.11. The molecule has 0 radical (unpaired) electrons. The highest BCUT2D eigenvalue weighted by Gasteiger charge is 2.25. The molecule has 0 saturated carbocycles. The third kappa shape index (κ3) is 6.11. The van der Waals surface area contributed by atoms with Crippen LogP contribution in [0, 0.1) is 5.82 Å². The zero-order chi connectivity index (χ0) is 23.2. The van der Waals surface area contributed by atoms with Crippen LogP contribution >= 0.6 is 15.9 Å². The van der Waals surface area contributed by atoms with Gasteiger partial charge in [-0.3, -0.25) is 15.1 Å². The Labute approximate surface area is 197 Å². The number of ether oxygens (including phenoxy) is 1. The van der Waals surface area contributed by atoms with E-state index in [1.165, 1.54) is 12.1 Å². The number of hydrogen-bond donors (Lipinski definition) is 4. The number of benzene rings is 2. The zero-order valence-electron chi connectivity index (χ0n) is 17.4. The molecule has 2 atom stereocenters. The predicted octanol–water partition coefficient (Wildman–Crippen LogP) is 3.40. The first-order chi connectivity index (χ1) is 16.0. The first-order valence-electron chi connectivity index (χ1n) is 10.3. The first-order valence-corrected chi connectivity index (χ1v) is 11.1. The van der Waals surface area contributed by atoms with Crippen molar-refractivity contribution in [1.29, 1.82) is 0 Å². The number of hydroxylamine groups is 1. The van der Waals surface area contributed by atoms with Crippen LogP contribution in [-0.2, 0) is 27.4 Å². The normalized spacial score (nSPS) is 16.1. The quantitative estimate of drug-likeness (QED) is 0.343. The number of carbonyl (C=O) groups excluding carboxylic acids is 2. The van der Waals surface area contributed by atoms with Crippen LogP contribution in [0.25, 0.3) is 10.9 Å². The van der Waals surface area contributed by atoms with E-state index in [0.717, 1.165) is 16.5 Å². The topological polar surface area (TPSA) is 104 Å². The third-order valence-electron chi connectivity index (χ3n) is 5.09. The Morgan fingerprint density at radius 2 is 2.03 bits per heavy atom. The zero-order valence-corrected chi connectivity index (χ0v) is 19.0. The van der Waals surface area contributed by atoms with Crippen LogP contribution in [0.5, 0.6) is 0 Å². The van der Waals surface area contributed by atoms with Gasteiger partial charge in [0, 0.05) is 23.5 Å². The molecule has 1 aliphatic heterocycles. The van der Waals surface area contributed by atoms with E-state index in [1.807, 2.05) is 30.3 Å². The monoisotopic (exact) mass is 516 g/mol. The van der Waals surface area contributed by atoms with E-state index in [1.54, 1.807) is 18.3 Å². The summed E-state index contributed by atoms with van der Waals surface area (Å²) in [6.45, 7) is 0.283. The van der Waals surface area contributed by atoms with Gasteiger partial charge in [-0.05, 0) is 51.3 Å². The summed E-state index contributed by atoms with van der Waals surface area (Å²) in [7, 11) is 0. The van der Waals surface area contributed by atoms with Crippen LogP contribution in [0.15, 0.2) is 65.4 Å². The number of nitrogens with one attached hydrogen (secondary N) is 4. The average Bonchev–Trinajstić information content (AvgIpc) is 3.41. The molecule has 33 heavy (non-hydrogen) atoms. The minimum Gasteiger partial charge on any atom is -0.445 e. The van der Waals surface area contributed by atoms with E-state index in [2.05, 4.69) is 37.0 Å². The molecule has 2 heterocycles. The summed E-state index contributed by atoms with van der Waals surface area (Å²) < 4.78 is 19.5. The van der Waals surface area contributed by atoms with Gasteiger partial charge in [-0.25, -0.2) is 9.18 Å². The maximum Gasteiger partial charge on any atom is 0.408 e. The maximum absolute atomic E-state index is 13.5. The summed E-state index contributed by atoms with van der Waals surface area (Å²) in [5, 5.41) is 6.19. The molecule has 3 aromatic rings. The molecule has 0 spiro atoms. The maximum atomic E-state index is 13.5. The number of alkyl carbamates (subject to hydrolysis) is 1. The number of fused-ring (bicyclic) bond motifs is 1. The van der Waals surface area contributed by atoms with E-state index in [4.69, 9.17) is 9.57 Å². The number of carbonyl (C=O) groups is 2. The lowest BCUT2D eigenvalue weighted by atomic mass is 10.0. The van der Waals surface area contributed by atoms with Gasteiger partial charge in [-0.2, -0.15) is 0 Å². The number of aromatic amines is 1. The Morgan fingerprint density at radius 3 is 2.79 bits per heavy atom. The second-order valence-corrected chi connectivity index (χ2v) is 8.34. The van der Waals surface area contributed by atoms with Gasteiger partial charge < -0.3 is 20.4 Å². The molecule has 1 aromatic heterocycles. The van der Waals surface area contributed by atoms with E-state index in [-0.39, 0.29) is 31.5 Å².